The molecule has 1 aliphatic rings. The topological polar surface area (TPSA) is 38.2 Å². The second-order valence-electron chi connectivity index (χ2n) is 4.87. The molecule has 0 spiro atoms. The predicted octanol–water partition coefficient (Wildman–Crippen LogP) is 2.42. The third-order valence-corrected chi connectivity index (χ3v) is 3.74. The SMILES string of the molecule is CC(C)c1nnsc1CN1CCO[C@H](C(F)(F)F)C1. The number of morpholine rings is 1. The molecule has 0 saturated carbocycles. The van der Waals surface area contributed by atoms with Crippen molar-refractivity contribution in [1.82, 2.24) is 14.5 Å². The van der Waals surface area contributed by atoms with Crippen LogP contribution in [0, 0.1) is 0 Å². The molecule has 0 amide bonds. The monoisotopic (exact) mass is 295 g/mol. The molecule has 4 nitrogen and oxygen atoms in total. The average molecular weight is 295 g/mol. The number of alkyl halides is 3. The summed E-state index contributed by atoms with van der Waals surface area (Å²) in [5.41, 5.74) is 0.875. The molecular formula is C11H16F3N3OS. The van der Waals surface area contributed by atoms with Crippen molar-refractivity contribution in [3.05, 3.63) is 10.6 Å². The summed E-state index contributed by atoms with van der Waals surface area (Å²) in [7, 11) is 0. The Labute approximate surface area is 113 Å². The molecule has 0 unspecified atom stereocenters. The molecule has 8 heteroatoms. The first-order valence-corrected chi connectivity index (χ1v) is 6.87. The molecule has 108 valence electrons. The van der Waals surface area contributed by atoms with Gasteiger partial charge in [-0.1, -0.05) is 18.3 Å². The number of aromatic nitrogens is 2. The molecule has 0 radical (unpaired) electrons. The van der Waals surface area contributed by atoms with E-state index in [2.05, 4.69) is 9.59 Å². The Balaban J connectivity index is 2.01. The lowest BCUT2D eigenvalue weighted by atomic mass is 10.1. The van der Waals surface area contributed by atoms with Crippen LogP contribution >= 0.6 is 11.5 Å². The third-order valence-electron chi connectivity index (χ3n) is 3.02. The highest BCUT2D eigenvalue weighted by atomic mass is 32.1. The summed E-state index contributed by atoms with van der Waals surface area (Å²) in [6.07, 6.45) is -5.99. The predicted molar refractivity (Wildman–Crippen MR) is 65.1 cm³/mol. The lowest BCUT2D eigenvalue weighted by Gasteiger charge is -2.33. The van der Waals surface area contributed by atoms with Gasteiger partial charge in [0.2, 0.25) is 0 Å². The van der Waals surface area contributed by atoms with E-state index in [-0.39, 0.29) is 19.1 Å². The van der Waals surface area contributed by atoms with E-state index in [1.165, 1.54) is 11.5 Å². The molecule has 0 aromatic carbocycles. The molecule has 1 aromatic rings. The number of hydrogen-bond acceptors (Lipinski definition) is 5. The van der Waals surface area contributed by atoms with Crippen LogP contribution in [0.2, 0.25) is 0 Å². The van der Waals surface area contributed by atoms with E-state index in [1.807, 2.05) is 13.8 Å². The number of hydrogen-bond donors (Lipinski definition) is 0. The van der Waals surface area contributed by atoms with Gasteiger partial charge in [0.25, 0.3) is 0 Å². The Morgan fingerprint density at radius 1 is 1.47 bits per heavy atom. The van der Waals surface area contributed by atoms with Crippen LogP contribution in [0.4, 0.5) is 13.2 Å². The van der Waals surface area contributed by atoms with Gasteiger partial charge in [-0.2, -0.15) is 13.2 Å². The Hall–Kier alpha value is -0.730. The number of nitrogens with zero attached hydrogens (tertiary/aromatic N) is 3. The van der Waals surface area contributed by atoms with Crippen molar-refractivity contribution in [1.29, 1.82) is 0 Å². The van der Waals surface area contributed by atoms with Crippen molar-refractivity contribution in [3.63, 3.8) is 0 Å². The van der Waals surface area contributed by atoms with Gasteiger partial charge in [-0.15, -0.1) is 5.10 Å². The van der Waals surface area contributed by atoms with Gasteiger partial charge in [-0.25, -0.2) is 0 Å². The lowest BCUT2D eigenvalue weighted by molar-refractivity contribution is -0.237. The third kappa shape index (κ3) is 3.64. The van der Waals surface area contributed by atoms with Crippen molar-refractivity contribution in [2.45, 2.75) is 38.6 Å². The van der Waals surface area contributed by atoms with E-state index in [9.17, 15) is 13.2 Å². The van der Waals surface area contributed by atoms with Crippen LogP contribution in [0.5, 0.6) is 0 Å². The van der Waals surface area contributed by atoms with Gasteiger partial charge in [-0.05, 0) is 17.5 Å². The molecule has 1 aromatic heterocycles. The molecule has 0 aliphatic carbocycles. The van der Waals surface area contributed by atoms with E-state index >= 15 is 0 Å². The first-order valence-electron chi connectivity index (χ1n) is 6.09. The molecular weight excluding hydrogens is 279 g/mol. The minimum atomic E-state index is -4.30. The van der Waals surface area contributed by atoms with Gasteiger partial charge in [0.05, 0.1) is 17.2 Å². The summed E-state index contributed by atoms with van der Waals surface area (Å²) < 4.78 is 46.5. The Morgan fingerprint density at radius 3 is 2.84 bits per heavy atom. The van der Waals surface area contributed by atoms with Crippen LogP contribution in [-0.2, 0) is 11.3 Å². The van der Waals surface area contributed by atoms with Crippen LogP contribution in [0.3, 0.4) is 0 Å². The lowest BCUT2D eigenvalue weighted by Crippen LogP contribution is -2.48. The maximum Gasteiger partial charge on any atom is 0.415 e. The summed E-state index contributed by atoms with van der Waals surface area (Å²) in [6, 6.07) is 0. The standard InChI is InChI=1S/C11H16F3N3OS/c1-7(2)10-8(19-16-15-10)5-17-3-4-18-9(6-17)11(12,13)14/h7,9H,3-6H2,1-2H3/t9-/m0/s1. The van der Waals surface area contributed by atoms with Crippen LogP contribution < -0.4 is 0 Å². The smallest absolute Gasteiger partial charge is 0.366 e. The molecule has 2 heterocycles. The van der Waals surface area contributed by atoms with E-state index in [0.29, 0.717) is 13.1 Å². The summed E-state index contributed by atoms with van der Waals surface area (Å²) in [4.78, 5) is 2.70. The van der Waals surface area contributed by atoms with Gasteiger partial charge in [0, 0.05) is 19.6 Å². The summed E-state index contributed by atoms with van der Waals surface area (Å²) >= 11 is 1.26. The second kappa shape index (κ2) is 5.72. The molecule has 1 saturated heterocycles. The zero-order valence-electron chi connectivity index (χ0n) is 10.8. The summed E-state index contributed by atoms with van der Waals surface area (Å²) in [6.45, 7) is 4.94. The van der Waals surface area contributed by atoms with E-state index in [1.54, 1.807) is 4.90 Å². The number of halogens is 3. The van der Waals surface area contributed by atoms with Crippen LogP contribution in [0.15, 0.2) is 0 Å². The normalized spacial score (nSPS) is 22.1. The van der Waals surface area contributed by atoms with Crippen molar-refractivity contribution in [3.8, 4) is 0 Å². The molecule has 1 atom stereocenters. The van der Waals surface area contributed by atoms with Crippen molar-refractivity contribution in [2.24, 2.45) is 0 Å². The van der Waals surface area contributed by atoms with Gasteiger partial charge in [0.15, 0.2) is 6.10 Å². The molecule has 1 aliphatic heterocycles. The maximum absolute atomic E-state index is 12.6. The molecule has 2 rings (SSSR count). The largest absolute Gasteiger partial charge is 0.415 e. The fourth-order valence-corrected chi connectivity index (χ4v) is 2.85. The maximum atomic E-state index is 12.6. The van der Waals surface area contributed by atoms with E-state index < -0.39 is 12.3 Å². The zero-order chi connectivity index (χ0) is 14.0. The minimum absolute atomic E-state index is 0.105. The average Bonchev–Trinajstić information content (AvgIpc) is 2.76. The Kier molecular flexibility index (Phi) is 4.42. The highest BCUT2D eigenvalue weighted by molar-refractivity contribution is 7.05. The summed E-state index contributed by atoms with van der Waals surface area (Å²) in [5.74, 6) is 0.230. The van der Waals surface area contributed by atoms with Gasteiger partial charge in [-0.3, -0.25) is 4.90 Å². The van der Waals surface area contributed by atoms with Gasteiger partial charge >= 0.3 is 6.18 Å². The summed E-state index contributed by atoms with van der Waals surface area (Å²) in [5, 5.41) is 4.04. The molecule has 19 heavy (non-hydrogen) atoms. The van der Waals surface area contributed by atoms with E-state index in [4.69, 9.17) is 4.74 Å². The van der Waals surface area contributed by atoms with E-state index in [0.717, 1.165) is 10.6 Å². The zero-order valence-corrected chi connectivity index (χ0v) is 11.6. The first-order chi connectivity index (χ1) is 8.88. The molecule has 0 bridgehead atoms. The van der Waals surface area contributed by atoms with Crippen LogP contribution in [0.1, 0.15) is 30.3 Å². The number of ether oxygens (including phenoxy) is 1. The Morgan fingerprint density at radius 2 is 2.21 bits per heavy atom. The van der Waals surface area contributed by atoms with Crippen LogP contribution in [0.25, 0.3) is 0 Å². The minimum Gasteiger partial charge on any atom is -0.366 e. The van der Waals surface area contributed by atoms with Crippen molar-refractivity contribution >= 4 is 11.5 Å². The fraction of sp³-hybridized carbons (Fsp3) is 0.818. The Bertz CT molecular complexity index is 422. The highest BCUT2D eigenvalue weighted by Crippen LogP contribution is 2.27. The highest BCUT2D eigenvalue weighted by Gasteiger charge is 2.43. The molecule has 1 fully saturated rings. The fourth-order valence-electron chi connectivity index (χ4n) is 2.01. The number of rotatable bonds is 3. The second-order valence-corrected chi connectivity index (χ2v) is 5.71. The van der Waals surface area contributed by atoms with Gasteiger partial charge < -0.3 is 4.74 Å². The van der Waals surface area contributed by atoms with Crippen molar-refractivity contribution in [2.75, 3.05) is 19.7 Å². The molecule has 0 N–H and O–H groups in total. The van der Waals surface area contributed by atoms with Crippen molar-refractivity contribution < 1.29 is 17.9 Å². The van der Waals surface area contributed by atoms with Gasteiger partial charge in [0.1, 0.15) is 0 Å². The quantitative estimate of drug-likeness (QED) is 0.858. The first kappa shape index (κ1) is 14.7. The van der Waals surface area contributed by atoms with Crippen LogP contribution in [-0.4, -0.2) is 46.5 Å².